The molecule has 1 saturated carbocycles. The second-order valence-electron chi connectivity index (χ2n) is 6.76. The number of hydrogen-bond donors (Lipinski definition) is 1. The monoisotopic (exact) mass is 374 g/mol. The lowest BCUT2D eigenvalue weighted by Crippen LogP contribution is -2.53. The smallest absolute Gasteiger partial charge is 0.183 e. The van der Waals surface area contributed by atoms with Gasteiger partial charge in [0, 0.05) is 26.2 Å². The average molecular weight is 375 g/mol. The molecular formula is C18H28Cl2N2O2. The van der Waals surface area contributed by atoms with Crippen LogP contribution < -0.4 is 0 Å². The van der Waals surface area contributed by atoms with Crippen molar-refractivity contribution >= 4 is 30.6 Å². The maximum absolute atomic E-state index is 12.9. The van der Waals surface area contributed by atoms with Gasteiger partial charge in [0.25, 0.3) is 0 Å². The number of rotatable bonds is 5. The number of carbonyl (C=O) groups is 1. The number of nitrogens with zero attached hydrogens (tertiary/aromatic N) is 2. The summed E-state index contributed by atoms with van der Waals surface area (Å²) in [4.78, 5) is 17.4. The van der Waals surface area contributed by atoms with Crippen LogP contribution in [0.1, 0.15) is 24.8 Å². The van der Waals surface area contributed by atoms with E-state index in [-0.39, 0.29) is 36.5 Å². The maximum atomic E-state index is 12.9. The Morgan fingerprint density at radius 1 is 1.12 bits per heavy atom. The zero-order valence-electron chi connectivity index (χ0n) is 14.2. The summed E-state index contributed by atoms with van der Waals surface area (Å²) in [6.45, 7) is 4.13. The zero-order valence-corrected chi connectivity index (χ0v) is 15.8. The van der Waals surface area contributed by atoms with Gasteiger partial charge in [0.15, 0.2) is 11.4 Å². The first kappa shape index (κ1) is 21.4. The first-order valence-electron chi connectivity index (χ1n) is 8.33. The van der Waals surface area contributed by atoms with Gasteiger partial charge in [0.2, 0.25) is 0 Å². The summed E-state index contributed by atoms with van der Waals surface area (Å²) in [6, 6.07) is 9.51. The van der Waals surface area contributed by atoms with Crippen LogP contribution in [-0.2, 0) is 10.4 Å². The largest absolute Gasteiger partial charge is 0.377 e. The van der Waals surface area contributed by atoms with E-state index in [9.17, 15) is 9.90 Å². The molecule has 1 aliphatic heterocycles. The topological polar surface area (TPSA) is 43.8 Å². The number of aliphatic hydroxyl groups is 1. The van der Waals surface area contributed by atoms with Crippen molar-refractivity contribution < 1.29 is 9.90 Å². The molecule has 1 saturated heterocycles. The van der Waals surface area contributed by atoms with Gasteiger partial charge in [-0.25, -0.2) is 0 Å². The highest BCUT2D eigenvalue weighted by Gasteiger charge is 2.47. The fourth-order valence-electron chi connectivity index (χ4n) is 3.47. The van der Waals surface area contributed by atoms with Crippen molar-refractivity contribution in [3.05, 3.63) is 35.9 Å². The number of carbonyl (C=O) groups excluding carboxylic acids is 1. The predicted octanol–water partition coefficient (Wildman–Crippen LogP) is 2.33. The van der Waals surface area contributed by atoms with E-state index < -0.39 is 5.60 Å². The molecule has 24 heavy (non-hydrogen) atoms. The molecule has 0 amide bonds. The van der Waals surface area contributed by atoms with Crippen LogP contribution in [0.25, 0.3) is 0 Å². The Morgan fingerprint density at radius 3 is 2.21 bits per heavy atom. The van der Waals surface area contributed by atoms with Gasteiger partial charge in [-0.2, -0.15) is 0 Å². The molecular weight excluding hydrogens is 347 g/mol. The van der Waals surface area contributed by atoms with Crippen molar-refractivity contribution in [3.63, 3.8) is 0 Å². The van der Waals surface area contributed by atoms with E-state index in [4.69, 9.17) is 0 Å². The summed E-state index contributed by atoms with van der Waals surface area (Å²) in [5.74, 6) is 0.0443. The molecule has 0 bridgehead atoms. The van der Waals surface area contributed by atoms with Gasteiger partial charge in [0.05, 0.1) is 6.54 Å². The second kappa shape index (κ2) is 9.16. The lowest BCUT2D eigenvalue weighted by Gasteiger charge is -2.42. The summed E-state index contributed by atoms with van der Waals surface area (Å²) in [6.07, 6.45) is 3.00. The Labute approximate surface area is 157 Å². The molecule has 1 aliphatic carbocycles. The fourth-order valence-corrected chi connectivity index (χ4v) is 3.47. The summed E-state index contributed by atoms with van der Waals surface area (Å²) < 4.78 is 0. The molecule has 2 fully saturated rings. The molecule has 1 aromatic rings. The predicted molar refractivity (Wildman–Crippen MR) is 101 cm³/mol. The van der Waals surface area contributed by atoms with E-state index in [0.717, 1.165) is 51.0 Å². The standard InChI is InChI=1S/C18H26N2O2.2ClH/c1-19-10-12-20(13-11-19)14-17(21)18(22,16-8-5-9-16)15-6-3-2-4-7-15;;/h2-4,6-7,16,22H,5,8-14H2,1H3;2*1H. The summed E-state index contributed by atoms with van der Waals surface area (Å²) >= 11 is 0. The molecule has 6 heteroatoms. The zero-order chi connectivity index (χ0) is 15.6. The molecule has 1 aromatic carbocycles. The van der Waals surface area contributed by atoms with Gasteiger partial charge in [-0.15, -0.1) is 24.8 Å². The molecule has 1 unspecified atom stereocenters. The van der Waals surface area contributed by atoms with E-state index in [2.05, 4.69) is 16.8 Å². The molecule has 1 heterocycles. The van der Waals surface area contributed by atoms with Crippen molar-refractivity contribution in [2.45, 2.75) is 24.9 Å². The SMILES string of the molecule is CN1CCN(CC(=O)C(O)(c2ccccc2)C2CCC2)CC1.Cl.Cl. The minimum atomic E-state index is -1.30. The highest BCUT2D eigenvalue weighted by atomic mass is 35.5. The number of Topliss-reactive ketones (excluding diaryl/α,β-unsaturated/α-hetero) is 1. The average Bonchev–Trinajstić information content (AvgIpc) is 2.48. The molecule has 0 radical (unpaired) electrons. The number of benzene rings is 1. The van der Waals surface area contributed by atoms with Crippen molar-refractivity contribution in [2.75, 3.05) is 39.8 Å². The van der Waals surface area contributed by atoms with Gasteiger partial charge < -0.3 is 10.0 Å². The lowest BCUT2D eigenvalue weighted by atomic mass is 9.67. The van der Waals surface area contributed by atoms with Gasteiger partial charge in [-0.1, -0.05) is 36.8 Å². The van der Waals surface area contributed by atoms with E-state index in [1.165, 1.54) is 0 Å². The van der Waals surface area contributed by atoms with E-state index in [1.54, 1.807) is 0 Å². The lowest BCUT2D eigenvalue weighted by molar-refractivity contribution is -0.151. The van der Waals surface area contributed by atoms with E-state index >= 15 is 0 Å². The molecule has 1 atom stereocenters. The van der Waals surface area contributed by atoms with E-state index in [0.29, 0.717) is 6.54 Å². The third-order valence-corrected chi connectivity index (χ3v) is 5.30. The Morgan fingerprint density at radius 2 is 1.71 bits per heavy atom. The Balaban J connectivity index is 0.00000144. The summed E-state index contributed by atoms with van der Waals surface area (Å²) in [5.41, 5.74) is -0.540. The molecule has 2 aliphatic rings. The number of halogens is 2. The molecule has 136 valence electrons. The highest BCUT2D eigenvalue weighted by molar-refractivity contribution is 5.90. The van der Waals surface area contributed by atoms with Crippen molar-refractivity contribution in [3.8, 4) is 0 Å². The van der Waals surface area contributed by atoms with Crippen LogP contribution in [0.5, 0.6) is 0 Å². The summed E-state index contributed by atoms with van der Waals surface area (Å²) in [7, 11) is 2.10. The molecule has 4 nitrogen and oxygen atoms in total. The van der Waals surface area contributed by atoms with Crippen LogP contribution in [0.3, 0.4) is 0 Å². The Hall–Kier alpha value is -0.650. The van der Waals surface area contributed by atoms with Gasteiger partial charge in [0.1, 0.15) is 0 Å². The third-order valence-electron chi connectivity index (χ3n) is 5.30. The highest BCUT2D eigenvalue weighted by Crippen LogP contribution is 2.43. The normalized spacial score (nSPS) is 21.8. The van der Waals surface area contributed by atoms with Gasteiger partial charge >= 0.3 is 0 Å². The first-order chi connectivity index (χ1) is 10.6. The Kier molecular flexibility index (Phi) is 8.16. The van der Waals surface area contributed by atoms with Crippen LogP contribution >= 0.6 is 24.8 Å². The number of piperazine rings is 1. The van der Waals surface area contributed by atoms with Crippen molar-refractivity contribution in [1.29, 1.82) is 0 Å². The molecule has 1 N–H and O–H groups in total. The quantitative estimate of drug-likeness (QED) is 0.858. The number of likely N-dealkylation sites (N-methyl/N-ethyl adjacent to an activating group) is 1. The van der Waals surface area contributed by atoms with Crippen LogP contribution in [0, 0.1) is 5.92 Å². The minimum Gasteiger partial charge on any atom is -0.377 e. The van der Waals surface area contributed by atoms with Crippen LogP contribution in [0.15, 0.2) is 30.3 Å². The molecule has 0 aromatic heterocycles. The minimum absolute atomic E-state index is 0. The molecule has 3 rings (SSSR count). The maximum Gasteiger partial charge on any atom is 0.183 e. The van der Waals surface area contributed by atoms with Gasteiger partial charge in [-0.3, -0.25) is 9.69 Å². The van der Waals surface area contributed by atoms with Crippen LogP contribution in [-0.4, -0.2) is 60.5 Å². The fraction of sp³-hybridized carbons (Fsp3) is 0.611. The van der Waals surface area contributed by atoms with Crippen LogP contribution in [0.4, 0.5) is 0 Å². The van der Waals surface area contributed by atoms with Crippen molar-refractivity contribution in [2.24, 2.45) is 5.92 Å². The van der Waals surface area contributed by atoms with Crippen LogP contribution in [0.2, 0.25) is 0 Å². The second-order valence-corrected chi connectivity index (χ2v) is 6.76. The number of hydrogen-bond acceptors (Lipinski definition) is 4. The van der Waals surface area contributed by atoms with E-state index in [1.807, 2.05) is 30.3 Å². The first-order valence-corrected chi connectivity index (χ1v) is 8.33. The Bertz CT molecular complexity index is 517. The summed E-state index contributed by atoms with van der Waals surface area (Å²) in [5, 5.41) is 11.3. The molecule has 0 spiro atoms. The van der Waals surface area contributed by atoms with Crippen molar-refractivity contribution in [1.82, 2.24) is 9.80 Å². The third kappa shape index (κ3) is 4.30. The van der Waals surface area contributed by atoms with Gasteiger partial charge in [-0.05, 0) is 31.4 Å². The number of ketones is 1.